The number of amides is 1. The van der Waals surface area contributed by atoms with E-state index in [-0.39, 0.29) is 12.7 Å². The van der Waals surface area contributed by atoms with Crippen molar-refractivity contribution in [2.45, 2.75) is 19.8 Å². The summed E-state index contributed by atoms with van der Waals surface area (Å²) in [6.07, 6.45) is 1.000. The first-order valence-corrected chi connectivity index (χ1v) is 8.08. The Morgan fingerprint density at radius 3 is 2.88 bits per heavy atom. The van der Waals surface area contributed by atoms with Gasteiger partial charge in [-0.2, -0.15) is 0 Å². The van der Waals surface area contributed by atoms with Gasteiger partial charge in [0.05, 0.1) is 6.61 Å². The number of carbonyl (C=O) groups excluding carboxylic acids is 1. The molecule has 0 atom stereocenters. The maximum absolute atomic E-state index is 12.0. The van der Waals surface area contributed by atoms with Crippen molar-refractivity contribution in [2.24, 2.45) is 0 Å². The number of nitrogens with one attached hydrogen (secondary N) is 1. The molecule has 1 amide bonds. The summed E-state index contributed by atoms with van der Waals surface area (Å²) in [5.74, 6) is 2.06. The van der Waals surface area contributed by atoms with Crippen LogP contribution < -0.4 is 19.5 Å². The van der Waals surface area contributed by atoms with Crippen LogP contribution in [0.2, 0.25) is 5.02 Å². The lowest BCUT2D eigenvalue weighted by Gasteiger charge is -2.09. The topological polar surface area (TPSA) is 56.8 Å². The summed E-state index contributed by atoms with van der Waals surface area (Å²) in [6, 6.07) is 10.8. The van der Waals surface area contributed by atoms with Gasteiger partial charge in [0.2, 0.25) is 12.7 Å². The second kappa shape index (κ2) is 7.45. The minimum atomic E-state index is -0.0645. The van der Waals surface area contributed by atoms with Crippen LogP contribution in [0.5, 0.6) is 17.2 Å². The second-order valence-corrected chi connectivity index (χ2v) is 5.91. The third-order valence-electron chi connectivity index (χ3n) is 3.60. The van der Waals surface area contributed by atoms with E-state index in [0.717, 1.165) is 11.3 Å². The zero-order chi connectivity index (χ0) is 16.9. The van der Waals surface area contributed by atoms with Gasteiger partial charge in [-0.25, -0.2) is 0 Å². The summed E-state index contributed by atoms with van der Waals surface area (Å²) in [5, 5.41) is 3.52. The van der Waals surface area contributed by atoms with Gasteiger partial charge in [-0.05, 0) is 49.2 Å². The van der Waals surface area contributed by atoms with Gasteiger partial charge in [-0.15, -0.1) is 0 Å². The first-order valence-electron chi connectivity index (χ1n) is 7.70. The number of hydrogen-bond donors (Lipinski definition) is 1. The molecule has 1 aliphatic heterocycles. The van der Waals surface area contributed by atoms with Gasteiger partial charge in [0.1, 0.15) is 5.75 Å². The van der Waals surface area contributed by atoms with Gasteiger partial charge in [0.15, 0.2) is 11.5 Å². The van der Waals surface area contributed by atoms with Crippen LogP contribution in [0.25, 0.3) is 0 Å². The van der Waals surface area contributed by atoms with Crippen LogP contribution >= 0.6 is 11.6 Å². The Balaban J connectivity index is 1.42. The Morgan fingerprint density at radius 1 is 1.21 bits per heavy atom. The summed E-state index contributed by atoms with van der Waals surface area (Å²) in [7, 11) is 0. The number of rotatable bonds is 6. The van der Waals surface area contributed by atoms with Crippen molar-refractivity contribution in [3.8, 4) is 17.2 Å². The van der Waals surface area contributed by atoms with Gasteiger partial charge >= 0.3 is 0 Å². The van der Waals surface area contributed by atoms with E-state index < -0.39 is 0 Å². The second-order valence-electron chi connectivity index (χ2n) is 5.48. The molecule has 0 fully saturated rings. The molecule has 0 spiro atoms. The molecule has 1 N–H and O–H groups in total. The van der Waals surface area contributed by atoms with E-state index in [1.54, 1.807) is 24.3 Å². The number of ether oxygens (including phenoxy) is 3. The highest BCUT2D eigenvalue weighted by Gasteiger charge is 2.14. The first-order chi connectivity index (χ1) is 11.6. The highest BCUT2D eigenvalue weighted by atomic mass is 35.5. The van der Waals surface area contributed by atoms with E-state index in [1.165, 1.54) is 0 Å². The standard InChI is InChI=1S/C18H18ClNO4/c1-12-9-13(19)4-6-15(12)22-8-2-3-18(21)20-14-5-7-16-17(10-14)24-11-23-16/h4-7,9-10H,2-3,8,11H2,1H3,(H,20,21). The van der Waals surface area contributed by atoms with Crippen LogP contribution in [0.1, 0.15) is 18.4 Å². The fraction of sp³-hybridized carbons (Fsp3) is 0.278. The normalized spacial score (nSPS) is 12.1. The van der Waals surface area contributed by atoms with Crippen molar-refractivity contribution in [1.82, 2.24) is 0 Å². The van der Waals surface area contributed by atoms with Crippen molar-refractivity contribution in [1.29, 1.82) is 0 Å². The maximum atomic E-state index is 12.0. The van der Waals surface area contributed by atoms with E-state index in [1.807, 2.05) is 19.1 Å². The molecule has 0 aliphatic carbocycles. The quantitative estimate of drug-likeness (QED) is 0.797. The molecular weight excluding hydrogens is 330 g/mol. The van der Waals surface area contributed by atoms with Gasteiger partial charge in [0.25, 0.3) is 0 Å². The van der Waals surface area contributed by atoms with Crippen LogP contribution in [-0.2, 0) is 4.79 Å². The summed E-state index contributed by atoms with van der Waals surface area (Å²) >= 11 is 5.91. The average molecular weight is 348 g/mol. The fourth-order valence-corrected chi connectivity index (χ4v) is 2.61. The van der Waals surface area contributed by atoms with Gasteiger partial charge in [-0.3, -0.25) is 4.79 Å². The van der Waals surface area contributed by atoms with E-state index >= 15 is 0 Å². The van der Waals surface area contributed by atoms with Crippen LogP contribution in [0.3, 0.4) is 0 Å². The number of fused-ring (bicyclic) bond motifs is 1. The van der Waals surface area contributed by atoms with Crippen LogP contribution in [0, 0.1) is 6.92 Å². The Hall–Kier alpha value is -2.40. The average Bonchev–Trinajstić information content (AvgIpc) is 3.01. The first kappa shape index (κ1) is 16.5. The number of anilines is 1. The van der Waals surface area contributed by atoms with Crippen molar-refractivity contribution in [2.75, 3.05) is 18.7 Å². The number of halogens is 1. The van der Waals surface area contributed by atoms with Crippen molar-refractivity contribution in [3.63, 3.8) is 0 Å². The molecule has 0 bridgehead atoms. The lowest BCUT2D eigenvalue weighted by atomic mass is 10.2. The monoisotopic (exact) mass is 347 g/mol. The van der Waals surface area contributed by atoms with E-state index in [2.05, 4.69) is 5.32 Å². The molecule has 126 valence electrons. The van der Waals surface area contributed by atoms with Crippen molar-refractivity contribution in [3.05, 3.63) is 47.0 Å². The molecule has 0 aromatic heterocycles. The summed E-state index contributed by atoms with van der Waals surface area (Å²) in [4.78, 5) is 12.0. The number of carbonyl (C=O) groups is 1. The predicted octanol–water partition coefficient (Wildman–Crippen LogP) is 4.17. The molecule has 1 heterocycles. The molecule has 2 aromatic rings. The molecule has 1 aliphatic rings. The van der Waals surface area contributed by atoms with Crippen molar-refractivity contribution < 1.29 is 19.0 Å². The highest BCUT2D eigenvalue weighted by Crippen LogP contribution is 2.34. The molecule has 0 saturated carbocycles. The van der Waals surface area contributed by atoms with Crippen molar-refractivity contribution >= 4 is 23.2 Å². The Morgan fingerprint density at radius 2 is 2.04 bits per heavy atom. The highest BCUT2D eigenvalue weighted by molar-refractivity contribution is 6.30. The number of hydrogen-bond acceptors (Lipinski definition) is 4. The predicted molar refractivity (Wildman–Crippen MR) is 92.1 cm³/mol. The van der Waals surface area contributed by atoms with E-state index in [4.69, 9.17) is 25.8 Å². The van der Waals surface area contributed by atoms with Crippen LogP contribution in [-0.4, -0.2) is 19.3 Å². The molecule has 0 radical (unpaired) electrons. The molecule has 3 rings (SSSR count). The molecule has 6 heteroatoms. The zero-order valence-electron chi connectivity index (χ0n) is 13.3. The lowest BCUT2D eigenvalue weighted by molar-refractivity contribution is -0.116. The van der Waals surface area contributed by atoms with E-state index in [0.29, 0.717) is 41.7 Å². The van der Waals surface area contributed by atoms with Gasteiger partial charge < -0.3 is 19.5 Å². The van der Waals surface area contributed by atoms with Crippen LogP contribution in [0.4, 0.5) is 5.69 Å². The fourth-order valence-electron chi connectivity index (χ4n) is 2.39. The molecule has 24 heavy (non-hydrogen) atoms. The SMILES string of the molecule is Cc1cc(Cl)ccc1OCCCC(=O)Nc1ccc2c(c1)OCO2. The minimum absolute atomic E-state index is 0.0645. The third-order valence-corrected chi connectivity index (χ3v) is 3.83. The molecule has 0 unspecified atom stereocenters. The molecule has 2 aromatic carbocycles. The zero-order valence-corrected chi connectivity index (χ0v) is 14.1. The minimum Gasteiger partial charge on any atom is -0.493 e. The third kappa shape index (κ3) is 4.11. The molecule has 5 nitrogen and oxygen atoms in total. The summed E-state index contributed by atoms with van der Waals surface area (Å²) < 4.78 is 16.2. The molecule has 0 saturated heterocycles. The molecular formula is C18H18ClNO4. The van der Waals surface area contributed by atoms with Crippen LogP contribution in [0.15, 0.2) is 36.4 Å². The van der Waals surface area contributed by atoms with Gasteiger partial charge in [0, 0.05) is 23.2 Å². The Kier molecular flexibility index (Phi) is 5.11. The Labute approximate surface area is 145 Å². The number of aryl methyl sites for hydroxylation is 1. The summed E-state index contributed by atoms with van der Waals surface area (Å²) in [6.45, 7) is 2.62. The largest absolute Gasteiger partial charge is 0.493 e. The Bertz CT molecular complexity index is 748. The number of benzene rings is 2. The lowest BCUT2D eigenvalue weighted by Crippen LogP contribution is -2.12. The van der Waals surface area contributed by atoms with Gasteiger partial charge in [-0.1, -0.05) is 11.6 Å². The summed E-state index contributed by atoms with van der Waals surface area (Å²) in [5.41, 5.74) is 1.67. The smallest absolute Gasteiger partial charge is 0.231 e. The maximum Gasteiger partial charge on any atom is 0.231 e. The van der Waals surface area contributed by atoms with E-state index in [9.17, 15) is 4.79 Å².